The van der Waals surface area contributed by atoms with E-state index in [-0.39, 0.29) is 23.2 Å². The average Bonchev–Trinajstić information content (AvgIpc) is 3.16. The highest BCUT2D eigenvalue weighted by molar-refractivity contribution is 7.99. The van der Waals surface area contributed by atoms with Crippen LogP contribution in [0.4, 0.5) is 4.39 Å². The minimum Gasteiger partial charge on any atom is -0.379 e. The van der Waals surface area contributed by atoms with Crippen molar-refractivity contribution < 1.29 is 13.9 Å². The van der Waals surface area contributed by atoms with E-state index < -0.39 is 0 Å². The summed E-state index contributed by atoms with van der Waals surface area (Å²) < 4.78 is 18.5. The van der Waals surface area contributed by atoms with Gasteiger partial charge in [-0.15, -0.1) is 11.8 Å². The highest BCUT2D eigenvalue weighted by Crippen LogP contribution is 2.33. The summed E-state index contributed by atoms with van der Waals surface area (Å²) in [7, 11) is 0. The molecule has 1 amide bonds. The Balaban J connectivity index is 1.48. The maximum atomic E-state index is 13.0. The van der Waals surface area contributed by atoms with E-state index in [4.69, 9.17) is 4.74 Å². The number of carbonyl (C=O) groups is 1. The number of rotatable bonds is 7. The monoisotopic (exact) mass is 398 g/mol. The topological polar surface area (TPSA) is 41.6 Å². The fourth-order valence-corrected chi connectivity index (χ4v) is 5.79. The Kier molecular flexibility index (Phi) is 7.26. The van der Waals surface area contributed by atoms with E-state index in [1.165, 1.54) is 12.1 Å². The third-order valence-electron chi connectivity index (χ3n) is 5.12. The molecule has 0 saturated carbocycles. The van der Waals surface area contributed by atoms with E-state index in [9.17, 15) is 9.18 Å². The van der Waals surface area contributed by atoms with Crippen LogP contribution in [0.3, 0.4) is 0 Å². The van der Waals surface area contributed by atoms with Crippen LogP contribution in [0.5, 0.6) is 0 Å². The van der Waals surface area contributed by atoms with Crippen LogP contribution in [0, 0.1) is 11.7 Å². The predicted molar refractivity (Wildman–Crippen MR) is 106 cm³/mol. The Bertz CT molecular complexity index is 588. The fraction of sp³-hybridized carbons (Fsp3) is 0.632. The Morgan fingerprint density at radius 3 is 2.77 bits per heavy atom. The number of carbonyl (C=O) groups excluding carboxylic acids is 1. The van der Waals surface area contributed by atoms with Crippen molar-refractivity contribution in [2.24, 2.45) is 5.92 Å². The van der Waals surface area contributed by atoms with Crippen LogP contribution in [0.25, 0.3) is 0 Å². The van der Waals surface area contributed by atoms with E-state index in [2.05, 4.69) is 10.2 Å². The molecule has 0 bridgehead atoms. The number of benzene rings is 1. The minimum atomic E-state index is -0.233. The second-order valence-electron chi connectivity index (χ2n) is 7.01. The minimum absolute atomic E-state index is 0.0773. The molecule has 2 atom stereocenters. The van der Waals surface area contributed by atoms with Gasteiger partial charge in [0.1, 0.15) is 5.82 Å². The highest BCUT2D eigenvalue weighted by Gasteiger charge is 2.41. The van der Waals surface area contributed by atoms with Crippen LogP contribution in [-0.2, 0) is 9.53 Å². The summed E-state index contributed by atoms with van der Waals surface area (Å²) >= 11 is 3.57. The van der Waals surface area contributed by atoms with Gasteiger partial charge in [0, 0.05) is 47.5 Å². The molecule has 3 rings (SSSR count). The summed E-state index contributed by atoms with van der Waals surface area (Å²) in [6, 6.07) is 6.43. The van der Waals surface area contributed by atoms with Crippen molar-refractivity contribution in [3.63, 3.8) is 0 Å². The largest absolute Gasteiger partial charge is 0.379 e. The van der Waals surface area contributed by atoms with Gasteiger partial charge in [-0.05, 0) is 36.4 Å². The normalized spacial score (nSPS) is 25.2. The molecule has 1 aromatic carbocycles. The van der Waals surface area contributed by atoms with E-state index in [1.54, 1.807) is 23.9 Å². The van der Waals surface area contributed by atoms with Gasteiger partial charge in [-0.2, -0.15) is 11.8 Å². The fourth-order valence-electron chi connectivity index (χ4n) is 3.39. The van der Waals surface area contributed by atoms with E-state index in [0.717, 1.165) is 49.1 Å². The molecule has 1 aromatic rings. The van der Waals surface area contributed by atoms with Crippen molar-refractivity contribution in [1.82, 2.24) is 10.2 Å². The molecule has 2 saturated heterocycles. The number of nitrogens with zero attached hydrogens (tertiary/aromatic N) is 1. The number of morpholine rings is 1. The smallest absolute Gasteiger partial charge is 0.223 e. The quantitative estimate of drug-likeness (QED) is 0.716. The van der Waals surface area contributed by atoms with Gasteiger partial charge in [0.05, 0.1) is 13.2 Å². The maximum Gasteiger partial charge on any atom is 0.223 e. The molecule has 2 heterocycles. The molecule has 1 N–H and O–H groups in total. The van der Waals surface area contributed by atoms with Crippen molar-refractivity contribution in [2.45, 2.75) is 23.8 Å². The Morgan fingerprint density at radius 2 is 2.12 bits per heavy atom. The molecule has 26 heavy (non-hydrogen) atoms. The number of nitrogens with one attached hydrogen (secondary N) is 1. The van der Waals surface area contributed by atoms with Gasteiger partial charge in [0.2, 0.25) is 5.91 Å². The standard InChI is InChI=1S/C19H27FN2O2S2/c1-15(12-26-17-4-2-16(20)3-5-17)18(23)21-13-19(6-11-25-14-19)22-7-9-24-10-8-22/h2-5,15H,6-14H2,1H3,(H,21,23)/t15-,19-/m1/s1. The Labute approximate surface area is 163 Å². The van der Waals surface area contributed by atoms with Crippen LogP contribution in [0.2, 0.25) is 0 Å². The van der Waals surface area contributed by atoms with Crippen LogP contribution in [-0.4, -0.2) is 66.5 Å². The van der Waals surface area contributed by atoms with Gasteiger partial charge < -0.3 is 10.1 Å². The molecule has 2 aliphatic rings. The van der Waals surface area contributed by atoms with Gasteiger partial charge in [-0.25, -0.2) is 4.39 Å². The molecule has 2 aliphatic heterocycles. The predicted octanol–water partition coefficient (Wildman–Crippen LogP) is 2.88. The number of hydrogen-bond donors (Lipinski definition) is 1. The van der Waals surface area contributed by atoms with Crippen molar-refractivity contribution >= 4 is 29.4 Å². The number of ether oxygens (including phenoxy) is 1. The third kappa shape index (κ3) is 5.15. The van der Waals surface area contributed by atoms with Crippen LogP contribution in [0.15, 0.2) is 29.2 Å². The molecule has 4 nitrogen and oxygen atoms in total. The lowest BCUT2D eigenvalue weighted by Gasteiger charge is -2.43. The first kappa shape index (κ1) is 20.0. The summed E-state index contributed by atoms with van der Waals surface area (Å²) in [4.78, 5) is 16.1. The molecule has 0 spiro atoms. The number of amides is 1. The summed E-state index contributed by atoms with van der Waals surface area (Å²) in [5.74, 6) is 2.71. The first-order chi connectivity index (χ1) is 12.6. The van der Waals surface area contributed by atoms with Crippen molar-refractivity contribution in [3.8, 4) is 0 Å². The first-order valence-electron chi connectivity index (χ1n) is 9.16. The molecule has 0 aliphatic carbocycles. The van der Waals surface area contributed by atoms with Gasteiger partial charge in [0.25, 0.3) is 0 Å². The zero-order chi connectivity index (χ0) is 18.4. The van der Waals surface area contributed by atoms with Crippen LogP contribution < -0.4 is 5.32 Å². The molecule has 0 radical (unpaired) electrons. The number of hydrogen-bond acceptors (Lipinski definition) is 5. The first-order valence-corrected chi connectivity index (χ1v) is 11.3. The Morgan fingerprint density at radius 1 is 1.38 bits per heavy atom. The van der Waals surface area contributed by atoms with Crippen LogP contribution >= 0.6 is 23.5 Å². The van der Waals surface area contributed by atoms with Crippen molar-refractivity contribution in [3.05, 3.63) is 30.1 Å². The van der Waals surface area contributed by atoms with E-state index in [1.807, 2.05) is 18.7 Å². The summed E-state index contributed by atoms with van der Waals surface area (Å²) in [5.41, 5.74) is 0.0773. The van der Waals surface area contributed by atoms with Gasteiger partial charge >= 0.3 is 0 Å². The zero-order valence-electron chi connectivity index (χ0n) is 15.2. The summed E-state index contributed by atoms with van der Waals surface area (Å²) in [6.45, 7) is 6.13. The van der Waals surface area contributed by atoms with Crippen molar-refractivity contribution in [2.75, 3.05) is 50.1 Å². The lowest BCUT2D eigenvalue weighted by Crippen LogP contribution is -2.59. The van der Waals surface area contributed by atoms with Gasteiger partial charge in [-0.1, -0.05) is 6.92 Å². The Hall–Kier alpha value is -0.760. The SMILES string of the molecule is C[C@H](CSc1ccc(F)cc1)C(=O)NC[C@]1(N2CCOCC2)CCSC1. The molecule has 0 unspecified atom stereocenters. The molecular weight excluding hydrogens is 371 g/mol. The average molecular weight is 399 g/mol. The maximum absolute atomic E-state index is 13.0. The van der Waals surface area contributed by atoms with Crippen LogP contribution in [0.1, 0.15) is 13.3 Å². The lowest BCUT2D eigenvalue weighted by molar-refractivity contribution is -0.124. The molecule has 0 aromatic heterocycles. The second kappa shape index (κ2) is 9.44. The van der Waals surface area contributed by atoms with Crippen molar-refractivity contribution in [1.29, 1.82) is 0 Å². The van der Waals surface area contributed by atoms with E-state index >= 15 is 0 Å². The second-order valence-corrected chi connectivity index (χ2v) is 9.21. The lowest BCUT2D eigenvalue weighted by atomic mass is 9.95. The number of halogens is 1. The third-order valence-corrected chi connectivity index (χ3v) is 7.62. The number of thioether (sulfide) groups is 2. The summed E-state index contributed by atoms with van der Waals surface area (Å²) in [6.07, 6.45) is 1.12. The van der Waals surface area contributed by atoms with Gasteiger partial charge in [-0.3, -0.25) is 9.69 Å². The highest BCUT2D eigenvalue weighted by atomic mass is 32.2. The zero-order valence-corrected chi connectivity index (χ0v) is 16.8. The molecule has 7 heteroatoms. The molecule has 144 valence electrons. The van der Waals surface area contributed by atoms with E-state index in [0.29, 0.717) is 12.3 Å². The molecular formula is C19H27FN2O2S2. The van der Waals surface area contributed by atoms with Gasteiger partial charge in [0.15, 0.2) is 0 Å². The summed E-state index contributed by atoms with van der Waals surface area (Å²) in [5, 5.41) is 3.20. The molecule has 2 fully saturated rings.